The molecular weight excluding hydrogens is 396 g/mol. The fourth-order valence-electron chi connectivity index (χ4n) is 2.62. The fraction of sp³-hybridized carbons (Fsp3) is 0.389. The molecule has 1 unspecified atom stereocenters. The first-order valence-corrected chi connectivity index (χ1v) is 9.06. The van der Waals surface area contributed by atoms with E-state index in [0.717, 1.165) is 5.56 Å². The Balaban J connectivity index is 2.10. The van der Waals surface area contributed by atoms with Gasteiger partial charge >= 0.3 is 12.0 Å². The average molecular weight is 420 g/mol. The molecular formula is C18H24N6O6. The van der Waals surface area contributed by atoms with E-state index in [9.17, 15) is 19.5 Å². The van der Waals surface area contributed by atoms with Crippen molar-refractivity contribution in [1.82, 2.24) is 20.8 Å². The highest BCUT2D eigenvalue weighted by Gasteiger charge is 2.29. The first kappa shape index (κ1) is 22.8. The maximum atomic E-state index is 12.1. The first-order valence-electron chi connectivity index (χ1n) is 9.06. The van der Waals surface area contributed by atoms with Crippen LogP contribution in [0.3, 0.4) is 0 Å². The maximum Gasteiger partial charge on any atom is 0.328 e. The van der Waals surface area contributed by atoms with E-state index in [2.05, 4.69) is 20.8 Å². The molecule has 0 aliphatic carbocycles. The van der Waals surface area contributed by atoms with Crippen molar-refractivity contribution in [1.29, 1.82) is 0 Å². The Hall–Kier alpha value is -3.51. The van der Waals surface area contributed by atoms with E-state index in [-0.39, 0.29) is 18.2 Å². The van der Waals surface area contributed by atoms with Gasteiger partial charge in [-0.25, -0.2) is 9.59 Å². The second kappa shape index (κ2) is 10.3. The molecule has 0 fully saturated rings. The van der Waals surface area contributed by atoms with Gasteiger partial charge in [-0.3, -0.25) is 4.79 Å². The summed E-state index contributed by atoms with van der Waals surface area (Å²) in [6.07, 6.45) is -1.31. The van der Waals surface area contributed by atoms with Gasteiger partial charge in [0.25, 0.3) is 0 Å². The van der Waals surface area contributed by atoms with Gasteiger partial charge in [0.15, 0.2) is 6.04 Å². The van der Waals surface area contributed by atoms with E-state index >= 15 is 0 Å². The lowest BCUT2D eigenvalue weighted by atomic mass is 10.1. The third-order valence-electron chi connectivity index (χ3n) is 4.12. The highest BCUT2D eigenvalue weighted by molar-refractivity contribution is 5.83. The van der Waals surface area contributed by atoms with Crippen molar-refractivity contribution in [3.05, 3.63) is 47.7 Å². The van der Waals surface area contributed by atoms with Gasteiger partial charge in [0.05, 0.1) is 18.6 Å². The van der Waals surface area contributed by atoms with Crippen LogP contribution in [0.15, 0.2) is 34.7 Å². The van der Waals surface area contributed by atoms with Gasteiger partial charge in [-0.1, -0.05) is 30.3 Å². The summed E-state index contributed by atoms with van der Waals surface area (Å²) in [6.45, 7) is 1.21. The average Bonchev–Trinajstić information content (AvgIpc) is 3.16. The highest BCUT2D eigenvalue weighted by Crippen LogP contribution is 2.20. The number of aliphatic carboxylic acids is 1. The molecule has 0 spiro atoms. The Morgan fingerprint density at radius 1 is 1.13 bits per heavy atom. The Kier molecular flexibility index (Phi) is 7.83. The van der Waals surface area contributed by atoms with E-state index in [1.54, 1.807) is 0 Å². The largest absolute Gasteiger partial charge is 0.480 e. The quantitative estimate of drug-likeness (QED) is 0.288. The molecule has 2 aromatic rings. The summed E-state index contributed by atoms with van der Waals surface area (Å²) in [5.74, 6) is -2.22. The first-order chi connectivity index (χ1) is 14.2. The number of carbonyl (C=O) groups excluding carboxylic acids is 2. The molecule has 0 saturated heterocycles. The molecule has 8 N–H and O–H groups in total. The number of rotatable bonds is 10. The van der Waals surface area contributed by atoms with Crippen LogP contribution in [-0.4, -0.2) is 50.5 Å². The number of hydrogen-bond acceptors (Lipinski definition) is 8. The molecule has 0 radical (unpaired) electrons. The molecule has 3 amide bonds. The molecule has 12 nitrogen and oxygen atoms in total. The van der Waals surface area contributed by atoms with Crippen LogP contribution in [0.2, 0.25) is 0 Å². The number of hydrogen-bond donors (Lipinski definition) is 6. The van der Waals surface area contributed by atoms with Crippen molar-refractivity contribution in [3.63, 3.8) is 0 Å². The molecule has 1 heterocycles. The smallest absolute Gasteiger partial charge is 0.328 e. The summed E-state index contributed by atoms with van der Waals surface area (Å²) in [4.78, 5) is 34.6. The van der Waals surface area contributed by atoms with Crippen LogP contribution < -0.4 is 22.1 Å². The topological polar surface area (TPSA) is 207 Å². The lowest BCUT2D eigenvalue weighted by Crippen LogP contribution is -2.52. The zero-order valence-corrected chi connectivity index (χ0v) is 16.2. The van der Waals surface area contributed by atoms with Gasteiger partial charge in [-0.05, 0) is 18.9 Å². The van der Waals surface area contributed by atoms with Gasteiger partial charge in [-0.15, -0.1) is 10.2 Å². The van der Waals surface area contributed by atoms with E-state index in [0.29, 0.717) is 6.42 Å². The van der Waals surface area contributed by atoms with Gasteiger partial charge < -0.3 is 36.7 Å². The van der Waals surface area contributed by atoms with Crippen LogP contribution in [0, 0.1) is 0 Å². The van der Waals surface area contributed by atoms with Crippen LogP contribution in [0.5, 0.6) is 0 Å². The van der Waals surface area contributed by atoms with Crippen molar-refractivity contribution >= 4 is 17.9 Å². The molecule has 12 heteroatoms. The summed E-state index contributed by atoms with van der Waals surface area (Å²) in [7, 11) is 0. The number of nitrogens with one attached hydrogen (secondary N) is 2. The number of aromatic nitrogens is 2. The molecule has 4 atom stereocenters. The number of carbonyl (C=O) groups is 3. The Morgan fingerprint density at radius 3 is 2.33 bits per heavy atom. The van der Waals surface area contributed by atoms with E-state index in [1.165, 1.54) is 6.92 Å². The molecule has 1 aromatic heterocycles. The SMILES string of the molecule is CC(O)[C@H](NC(=O)N[C@@H](CC(N)=O)c1nnc([C@@H](N)Cc2ccccc2)o1)C(=O)O. The van der Waals surface area contributed by atoms with Crippen molar-refractivity contribution in [3.8, 4) is 0 Å². The zero-order chi connectivity index (χ0) is 22.3. The molecule has 1 aromatic carbocycles. The maximum absolute atomic E-state index is 12.1. The summed E-state index contributed by atoms with van der Waals surface area (Å²) in [5, 5.41) is 30.6. The van der Waals surface area contributed by atoms with Gasteiger partial charge in [0, 0.05) is 0 Å². The van der Waals surface area contributed by atoms with Gasteiger partial charge in [0.1, 0.15) is 6.04 Å². The molecule has 0 aliphatic rings. The summed E-state index contributed by atoms with van der Waals surface area (Å²) in [6, 6.07) is 5.12. The second-order valence-electron chi connectivity index (χ2n) is 6.67. The van der Waals surface area contributed by atoms with Gasteiger partial charge in [-0.2, -0.15) is 0 Å². The van der Waals surface area contributed by atoms with Crippen LogP contribution in [0.1, 0.15) is 42.8 Å². The number of carboxylic acids is 1. The number of nitrogens with two attached hydrogens (primary N) is 2. The number of urea groups is 1. The molecule has 0 bridgehead atoms. The van der Waals surface area contributed by atoms with Crippen molar-refractivity contribution in [2.24, 2.45) is 11.5 Å². The van der Waals surface area contributed by atoms with E-state index < -0.39 is 42.1 Å². The predicted octanol–water partition coefficient (Wildman–Crippen LogP) is -0.638. The van der Waals surface area contributed by atoms with E-state index in [4.69, 9.17) is 21.0 Å². The van der Waals surface area contributed by atoms with Crippen molar-refractivity contribution in [2.75, 3.05) is 0 Å². The lowest BCUT2D eigenvalue weighted by Gasteiger charge is -2.19. The number of aliphatic hydroxyl groups is 1. The van der Waals surface area contributed by atoms with Crippen molar-refractivity contribution in [2.45, 2.75) is 44.0 Å². The number of primary amides is 1. The predicted molar refractivity (Wildman–Crippen MR) is 103 cm³/mol. The zero-order valence-electron chi connectivity index (χ0n) is 16.2. The monoisotopic (exact) mass is 420 g/mol. The Bertz CT molecular complexity index is 871. The number of nitrogens with zero attached hydrogens (tertiary/aromatic N) is 2. The Morgan fingerprint density at radius 2 is 1.77 bits per heavy atom. The van der Waals surface area contributed by atoms with E-state index in [1.807, 2.05) is 30.3 Å². The van der Waals surface area contributed by atoms with Crippen LogP contribution >= 0.6 is 0 Å². The minimum Gasteiger partial charge on any atom is -0.480 e. The molecule has 30 heavy (non-hydrogen) atoms. The third-order valence-corrected chi connectivity index (χ3v) is 4.12. The summed E-state index contributed by atoms with van der Waals surface area (Å²) >= 11 is 0. The molecule has 162 valence electrons. The van der Waals surface area contributed by atoms with Crippen LogP contribution in [-0.2, 0) is 16.0 Å². The minimum absolute atomic E-state index is 0.0953. The van der Waals surface area contributed by atoms with Crippen LogP contribution in [0.25, 0.3) is 0 Å². The summed E-state index contributed by atoms with van der Waals surface area (Å²) < 4.78 is 5.52. The fourth-order valence-corrected chi connectivity index (χ4v) is 2.62. The number of amides is 3. The highest BCUT2D eigenvalue weighted by atomic mass is 16.4. The molecule has 0 aliphatic heterocycles. The lowest BCUT2D eigenvalue weighted by molar-refractivity contribution is -0.141. The number of carboxylic acid groups (broad SMARTS) is 1. The Labute approximate surface area is 171 Å². The second-order valence-corrected chi connectivity index (χ2v) is 6.67. The number of benzene rings is 1. The minimum atomic E-state index is -1.56. The van der Waals surface area contributed by atoms with Crippen LogP contribution in [0.4, 0.5) is 4.79 Å². The van der Waals surface area contributed by atoms with Gasteiger partial charge in [0.2, 0.25) is 17.7 Å². The molecule has 2 rings (SSSR count). The normalized spacial score (nSPS) is 14.9. The standard InChI is InChI=1S/C18H24N6O6/c1-9(25)14(17(27)28)22-18(29)21-12(8-13(20)26)16-24-23-15(30-16)11(19)7-10-5-3-2-4-6-10/h2-6,9,11-12,14,25H,7-8,19H2,1H3,(H2,20,26)(H,27,28)(H2,21,22,29)/t9?,11-,12-,14-/m0/s1. The molecule has 0 saturated carbocycles. The third kappa shape index (κ3) is 6.53. The number of aliphatic hydroxyl groups excluding tert-OH is 1. The van der Waals surface area contributed by atoms with Crippen molar-refractivity contribution < 1.29 is 29.0 Å². The summed E-state index contributed by atoms with van der Waals surface area (Å²) in [5.41, 5.74) is 12.3.